The van der Waals surface area contributed by atoms with Gasteiger partial charge < -0.3 is 9.84 Å². The van der Waals surface area contributed by atoms with Crippen molar-refractivity contribution in [3.8, 4) is 5.75 Å². The highest BCUT2D eigenvalue weighted by atomic mass is 32.2. The molecule has 1 saturated heterocycles. The number of benzene rings is 2. The molecule has 29 heavy (non-hydrogen) atoms. The number of hydrogen-bond donors (Lipinski definition) is 1. The van der Waals surface area contributed by atoms with Crippen molar-refractivity contribution in [2.75, 3.05) is 26.3 Å². The second-order valence-corrected chi connectivity index (χ2v) is 8.18. The van der Waals surface area contributed by atoms with Gasteiger partial charge in [0.05, 0.1) is 23.0 Å². The molecule has 0 aliphatic carbocycles. The Morgan fingerprint density at radius 1 is 1.14 bits per heavy atom. The first-order valence-electron chi connectivity index (χ1n) is 8.67. The predicted octanol–water partition coefficient (Wildman–Crippen LogP) is 2.22. The van der Waals surface area contributed by atoms with Crippen LogP contribution in [0.1, 0.15) is 15.9 Å². The first-order chi connectivity index (χ1) is 13.8. The number of allylic oxidation sites excluding steroid dienone is 1. The molecule has 1 fully saturated rings. The van der Waals surface area contributed by atoms with Crippen molar-refractivity contribution >= 4 is 27.6 Å². The Hall–Kier alpha value is -3.08. The molecular formula is C19H18N2O7S. The second-order valence-electron chi connectivity index (χ2n) is 6.24. The number of phenols is 1. The largest absolute Gasteiger partial charge is 0.502 e. The highest BCUT2D eigenvalue weighted by Crippen LogP contribution is 2.27. The minimum Gasteiger partial charge on any atom is -0.502 e. The van der Waals surface area contributed by atoms with Gasteiger partial charge in [0, 0.05) is 24.7 Å². The molecule has 0 spiro atoms. The van der Waals surface area contributed by atoms with Crippen molar-refractivity contribution in [1.29, 1.82) is 0 Å². The number of ether oxygens (including phenoxy) is 1. The number of rotatable bonds is 6. The molecule has 0 bridgehead atoms. The number of carbonyl (C=O) groups is 1. The molecule has 1 heterocycles. The molecule has 0 saturated carbocycles. The van der Waals surface area contributed by atoms with Crippen molar-refractivity contribution < 1.29 is 28.0 Å². The van der Waals surface area contributed by atoms with E-state index >= 15 is 0 Å². The van der Waals surface area contributed by atoms with Gasteiger partial charge in [0.25, 0.3) is 0 Å². The van der Waals surface area contributed by atoms with Gasteiger partial charge >= 0.3 is 5.69 Å². The number of nitro groups is 1. The van der Waals surface area contributed by atoms with Crippen molar-refractivity contribution in [1.82, 2.24) is 4.31 Å². The Morgan fingerprint density at radius 2 is 1.79 bits per heavy atom. The molecule has 1 aliphatic rings. The average molecular weight is 418 g/mol. The number of nitro benzene ring substituents is 1. The Morgan fingerprint density at radius 3 is 2.41 bits per heavy atom. The van der Waals surface area contributed by atoms with Crippen LogP contribution in [0.4, 0.5) is 5.69 Å². The van der Waals surface area contributed by atoms with Crippen LogP contribution in [-0.2, 0) is 14.8 Å². The second kappa shape index (κ2) is 8.52. The third-order valence-corrected chi connectivity index (χ3v) is 6.28. The summed E-state index contributed by atoms with van der Waals surface area (Å²) >= 11 is 0. The lowest BCUT2D eigenvalue weighted by Crippen LogP contribution is -2.40. The molecule has 152 valence electrons. The number of hydrogen-bond acceptors (Lipinski definition) is 7. The van der Waals surface area contributed by atoms with Crippen LogP contribution in [0.15, 0.2) is 53.4 Å². The molecule has 9 nitrogen and oxygen atoms in total. The van der Waals surface area contributed by atoms with Crippen LogP contribution in [0.25, 0.3) is 6.08 Å². The third-order valence-electron chi connectivity index (χ3n) is 4.37. The zero-order valence-electron chi connectivity index (χ0n) is 15.2. The number of ketones is 1. The van der Waals surface area contributed by atoms with E-state index in [1.807, 2.05) is 0 Å². The Labute approximate surface area is 167 Å². The zero-order chi connectivity index (χ0) is 21.0. The van der Waals surface area contributed by atoms with Gasteiger partial charge in [-0.1, -0.05) is 12.1 Å². The van der Waals surface area contributed by atoms with E-state index in [1.165, 1.54) is 52.9 Å². The third kappa shape index (κ3) is 4.67. The van der Waals surface area contributed by atoms with Crippen LogP contribution in [0.3, 0.4) is 0 Å². The van der Waals surface area contributed by atoms with Crippen LogP contribution >= 0.6 is 0 Å². The SMILES string of the molecule is O=C(/C=C/c1ccc(O)c([N+](=O)[O-])c1)c1ccc(S(=O)(=O)N2CCOCC2)cc1. The topological polar surface area (TPSA) is 127 Å². The molecule has 2 aromatic rings. The maximum atomic E-state index is 12.6. The summed E-state index contributed by atoms with van der Waals surface area (Å²) in [5.74, 6) is -0.855. The van der Waals surface area contributed by atoms with E-state index < -0.39 is 32.2 Å². The number of morpholine rings is 1. The quantitative estimate of drug-likeness (QED) is 0.330. The van der Waals surface area contributed by atoms with Gasteiger partial charge in [-0.2, -0.15) is 4.31 Å². The monoisotopic (exact) mass is 418 g/mol. The molecule has 3 rings (SSSR count). The number of sulfonamides is 1. The Bertz CT molecular complexity index is 1060. The first-order valence-corrected chi connectivity index (χ1v) is 10.1. The fourth-order valence-corrected chi connectivity index (χ4v) is 4.19. The van der Waals surface area contributed by atoms with Crippen LogP contribution in [0.2, 0.25) is 0 Å². The molecular weight excluding hydrogens is 400 g/mol. The summed E-state index contributed by atoms with van der Waals surface area (Å²) in [6.45, 7) is 1.25. The molecule has 1 N–H and O–H groups in total. The highest BCUT2D eigenvalue weighted by molar-refractivity contribution is 7.89. The number of phenolic OH excluding ortho intramolecular Hbond substituents is 1. The van der Waals surface area contributed by atoms with Gasteiger partial charge in [0.2, 0.25) is 10.0 Å². The zero-order valence-corrected chi connectivity index (χ0v) is 16.0. The summed E-state index contributed by atoms with van der Waals surface area (Å²) in [4.78, 5) is 22.5. The smallest absolute Gasteiger partial charge is 0.311 e. The lowest BCUT2D eigenvalue weighted by molar-refractivity contribution is -0.385. The lowest BCUT2D eigenvalue weighted by atomic mass is 10.1. The van der Waals surface area contributed by atoms with Crippen LogP contribution < -0.4 is 0 Å². The van der Waals surface area contributed by atoms with Crippen molar-refractivity contribution in [2.24, 2.45) is 0 Å². The summed E-state index contributed by atoms with van der Waals surface area (Å²) in [6, 6.07) is 9.34. The number of aromatic hydroxyl groups is 1. The normalized spacial score (nSPS) is 15.4. The van der Waals surface area contributed by atoms with E-state index in [1.54, 1.807) is 0 Å². The van der Waals surface area contributed by atoms with Crippen molar-refractivity contribution in [3.63, 3.8) is 0 Å². The molecule has 0 radical (unpaired) electrons. The van der Waals surface area contributed by atoms with E-state index in [9.17, 15) is 28.4 Å². The molecule has 0 unspecified atom stereocenters. The average Bonchev–Trinajstić information content (AvgIpc) is 2.73. The van der Waals surface area contributed by atoms with Crippen LogP contribution in [0.5, 0.6) is 5.75 Å². The van der Waals surface area contributed by atoms with Gasteiger partial charge in [-0.15, -0.1) is 0 Å². The molecule has 1 aliphatic heterocycles. The maximum Gasteiger partial charge on any atom is 0.311 e. The summed E-state index contributed by atoms with van der Waals surface area (Å²) in [7, 11) is -3.64. The molecule has 0 aromatic heterocycles. The van der Waals surface area contributed by atoms with Crippen LogP contribution in [-0.4, -0.2) is 54.8 Å². The van der Waals surface area contributed by atoms with Crippen LogP contribution in [0, 0.1) is 10.1 Å². The van der Waals surface area contributed by atoms with Gasteiger partial charge in [-0.25, -0.2) is 8.42 Å². The van der Waals surface area contributed by atoms with Gasteiger partial charge in [0.1, 0.15) is 0 Å². The fourth-order valence-electron chi connectivity index (χ4n) is 2.79. The molecule has 0 amide bonds. The predicted molar refractivity (Wildman–Crippen MR) is 104 cm³/mol. The lowest BCUT2D eigenvalue weighted by Gasteiger charge is -2.26. The van der Waals surface area contributed by atoms with E-state index in [0.29, 0.717) is 18.8 Å². The minimum atomic E-state index is -3.64. The van der Waals surface area contributed by atoms with Gasteiger partial charge in [-0.05, 0) is 42.0 Å². The Balaban J connectivity index is 1.74. The van der Waals surface area contributed by atoms with Crippen molar-refractivity contribution in [3.05, 3.63) is 69.8 Å². The van der Waals surface area contributed by atoms with E-state index in [-0.39, 0.29) is 23.5 Å². The highest BCUT2D eigenvalue weighted by Gasteiger charge is 2.26. The minimum absolute atomic E-state index is 0.0917. The van der Waals surface area contributed by atoms with Gasteiger partial charge in [-0.3, -0.25) is 14.9 Å². The summed E-state index contributed by atoms with van der Waals surface area (Å²) < 4.78 is 31.7. The number of nitrogens with zero attached hydrogens (tertiary/aromatic N) is 2. The van der Waals surface area contributed by atoms with Gasteiger partial charge in [0.15, 0.2) is 11.5 Å². The van der Waals surface area contributed by atoms with E-state index in [2.05, 4.69) is 0 Å². The number of carbonyl (C=O) groups excluding carboxylic acids is 1. The molecule has 10 heteroatoms. The molecule has 0 atom stereocenters. The fraction of sp³-hybridized carbons (Fsp3) is 0.211. The maximum absolute atomic E-state index is 12.6. The van der Waals surface area contributed by atoms with E-state index in [4.69, 9.17) is 4.74 Å². The first kappa shape index (κ1) is 20.6. The standard InChI is InChI=1S/C19H18N2O7S/c22-18(7-1-14-2-8-19(23)17(13-14)21(24)25)15-3-5-16(6-4-15)29(26,27)20-9-11-28-12-10-20/h1-8,13,23H,9-12H2/b7-1+. The van der Waals surface area contributed by atoms with Crippen molar-refractivity contribution in [2.45, 2.75) is 4.90 Å². The summed E-state index contributed by atoms with van der Waals surface area (Å²) in [5, 5.41) is 20.3. The molecule has 2 aromatic carbocycles. The Kier molecular flexibility index (Phi) is 6.06. The summed E-state index contributed by atoms with van der Waals surface area (Å²) in [6.07, 6.45) is 2.61. The summed E-state index contributed by atoms with van der Waals surface area (Å²) in [5.41, 5.74) is 0.182. The van der Waals surface area contributed by atoms with E-state index in [0.717, 1.165) is 6.07 Å².